The number of rotatable bonds is 13. The highest BCUT2D eigenvalue weighted by molar-refractivity contribution is 5.79. The van der Waals surface area contributed by atoms with Crippen LogP contribution in [0.1, 0.15) is 59.3 Å². The summed E-state index contributed by atoms with van der Waals surface area (Å²) in [5.41, 5.74) is 0. The molecular weight excluding hydrogens is 302 g/mol. The predicted octanol–water partition coefficient (Wildman–Crippen LogP) is 3.20. The normalized spacial score (nSPS) is 19.5. The number of guanidine groups is 1. The summed E-state index contributed by atoms with van der Waals surface area (Å²) in [6.45, 7) is 12.8. The molecule has 5 heteroatoms. The molecule has 0 aliphatic carbocycles. The lowest BCUT2D eigenvalue weighted by molar-refractivity contribution is 0.0888. The number of ether oxygens (including phenoxy) is 2. The first-order valence-electron chi connectivity index (χ1n) is 9.97. The van der Waals surface area contributed by atoms with Gasteiger partial charge in [0.15, 0.2) is 5.96 Å². The molecule has 2 atom stereocenters. The van der Waals surface area contributed by atoms with Gasteiger partial charge in [-0.05, 0) is 32.1 Å². The largest absolute Gasteiger partial charge is 0.381 e. The smallest absolute Gasteiger partial charge is 0.191 e. The summed E-state index contributed by atoms with van der Waals surface area (Å²) in [5, 5.41) is 6.75. The van der Waals surface area contributed by atoms with Crippen molar-refractivity contribution in [3.05, 3.63) is 0 Å². The van der Waals surface area contributed by atoms with Gasteiger partial charge >= 0.3 is 0 Å². The highest BCUT2D eigenvalue weighted by Crippen LogP contribution is 2.13. The van der Waals surface area contributed by atoms with Crippen molar-refractivity contribution in [2.24, 2.45) is 16.8 Å². The van der Waals surface area contributed by atoms with E-state index >= 15 is 0 Å². The molecule has 1 fully saturated rings. The van der Waals surface area contributed by atoms with E-state index < -0.39 is 0 Å². The molecule has 1 heterocycles. The first-order valence-corrected chi connectivity index (χ1v) is 9.97. The van der Waals surface area contributed by atoms with Gasteiger partial charge in [0, 0.05) is 38.8 Å². The van der Waals surface area contributed by atoms with E-state index in [-0.39, 0.29) is 0 Å². The van der Waals surface area contributed by atoms with Crippen molar-refractivity contribution in [2.75, 3.05) is 46.1 Å². The lowest BCUT2D eigenvalue weighted by Crippen LogP contribution is -2.38. The van der Waals surface area contributed by atoms with Crippen LogP contribution in [0.25, 0.3) is 0 Å². The van der Waals surface area contributed by atoms with Crippen LogP contribution in [0.15, 0.2) is 4.99 Å². The molecule has 0 amide bonds. The summed E-state index contributed by atoms with van der Waals surface area (Å²) in [5.74, 6) is 2.25. The van der Waals surface area contributed by atoms with Crippen molar-refractivity contribution < 1.29 is 9.47 Å². The van der Waals surface area contributed by atoms with Gasteiger partial charge in [-0.1, -0.05) is 33.1 Å². The molecule has 1 aliphatic heterocycles. The van der Waals surface area contributed by atoms with Crippen LogP contribution in [0.2, 0.25) is 0 Å². The first-order chi connectivity index (χ1) is 11.8. The summed E-state index contributed by atoms with van der Waals surface area (Å²) < 4.78 is 11.1. The quantitative estimate of drug-likeness (QED) is 0.307. The van der Waals surface area contributed by atoms with Crippen LogP contribution >= 0.6 is 0 Å². The third-order valence-corrected chi connectivity index (χ3v) is 4.53. The Kier molecular flexibility index (Phi) is 12.9. The number of unbranched alkanes of at least 4 members (excludes halogenated alkanes) is 1. The van der Waals surface area contributed by atoms with Crippen molar-refractivity contribution >= 4 is 5.96 Å². The molecule has 24 heavy (non-hydrogen) atoms. The third-order valence-electron chi connectivity index (χ3n) is 4.53. The molecule has 142 valence electrons. The molecule has 0 saturated carbocycles. The van der Waals surface area contributed by atoms with Gasteiger partial charge in [-0.25, -0.2) is 0 Å². The van der Waals surface area contributed by atoms with E-state index in [9.17, 15) is 0 Å². The average molecular weight is 342 g/mol. The highest BCUT2D eigenvalue weighted by Gasteiger charge is 2.15. The van der Waals surface area contributed by atoms with Crippen LogP contribution in [0.5, 0.6) is 0 Å². The third kappa shape index (κ3) is 10.1. The van der Waals surface area contributed by atoms with Crippen LogP contribution in [-0.2, 0) is 9.47 Å². The van der Waals surface area contributed by atoms with Gasteiger partial charge in [0.05, 0.1) is 13.2 Å². The molecule has 0 bridgehead atoms. The number of nitrogens with one attached hydrogen (secondary N) is 2. The number of hydrogen-bond donors (Lipinski definition) is 2. The second-order valence-corrected chi connectivity index (χ2v) is 6.72. The Hall–Kier alpha value is -0.810. The maximum absolute atomic E-state index is 5.74. The van der Waals surface area contributed by atoms with Crippen molar-refractivity contribution in [1.29, 1.82) is 0 Å². The van der Waals surface area contributed by atoms with E-state index in [1.165, 1.54) is 25.7 Å². The fourth-order valence-corrected chi connectivity index (χ4v) is 2.83. The van der Waals surface area contributed by atoms with Gasteiger partial charge in [-0.3, -0.25) is 4.99 Å². The summed E-state index contributed by atoms with van der Waals surface area (Å²) in [6.07, 6.45) is 7.22. The first kappa shape index (κ1) is 21.2. The Bertz CT molecular complexity index is 318. The summed E-state index contributed by atoms with van der Waals surface area (Å²) in [6, 6.07) is 0. The van der Waals surface area contributed by atoms with Gasteiger partial charge in [0.25, 0.3) is 0 Å². The minimum absolute atomic E-state index is 0.603. The fraction of sp³-hybridized carbons (Fsp3) is 0.947. The second kappa shape index (κ2) is 14.5. The van der Waals surface area contributed by atoms with Crippen molar-refractivity contribution in [2.45, 2.75) is 59.3 Å². The van der Waals surface area contributed by atoms with Gasteiger partial charge < -0.3 is 20.1 Å². The van der Waals surface area contributed by atoms with Crippen LogP contribution in [-0.4, -0.2) is 52.0 Å². The fourth-order valence-electron chi connectivity index (χ4n) is 2.83. The van der Waals surface area contributed by atoms with E-state index in [4.69, 9.17) is 14.5 Å². The SMILES string of the molecule is CCCCC(CC)CN=C(NCC)NCCCOCC1CCOC1. The molecule has 0 aromatic heterocycles. The van der Waals surface area contributed by atoms with E-state index in [2.05, 4.69) is 31.4 Å². The molecule has 0 radical (unpaired) electrons. The summed E-state index contributed by atoms with van der Waals surface area (Å²) in [7, 11) is 0. The molecule has 1 aliphatic rings. The van der Waals surface area contributed by atoms with E-state index in [1.54, 1.807) is 0 Å². The van der Waals surface area contributed by atoms with Gasteiger partial charge in [0.2, 0.25) is 0 Å². The molecular formula is C19H39N3O2. The molecule has 2 unspecified atom stereocenters. The average Bonchev–Trinajstić information content (AvgIpc) is 3.11. The lowest BCUT2D eigenvalue weighted by atomic mass is 10.00. The lowest BCUT2D eigenvalue weighted by Gasteiger charge is -2.15. The summed E-state index contributed by atoms with van der Waals surface area (Å²) in [4.78, 5) is 4.76. The molecule has 1 saturated heterocycles. The molecule has 5 nitrogen and oxygen atoms in total. The van der Waals surface area contributed by atoms with Gasteiger partial charge in [0.1, 0.15) is 0 Å². The van der Waals surface area contributed by atoms with Gasteiger partial charge in [-0.2, -0.15) is 0 Å². The molecule has 0 aromatic rings. The Morgan fingerprint density at radius 3 is 2.79 bits per heavy atom. The number of aliphatic imine (C=N–C) groups is 1. The van der Waals surface area contributed by atoms with E-state index in [0.717, 1.165) is 64.9 Å². The van der Waals surface area contributed by atoms with Crippen LogP contribution in [0, 0.1) is 11.8 Å². The zero-order valence-corrected chi connectivity index (χ0v) is 16.1. The molecule has 2 N–H and O–H groups in total. The van der Waals surface area contributed by atoms with Gasteiger partial charge in [-0.15, -0.1) is 0 Å². The van der Waals surface area contributed by atoms with E-state index in [1.807, 2.05) is 0 Å². The highest BCUT2D eigenvalue weighted by atomic mass is 16.5. The number of nitrogens with zero attached hydrogens (tertiary/aromatic N) is 1. The minimum Gasteiger partial charge on any atom is -0.381 e. The zero-order chi connectivity index (χ0) is 17.5. The molecule has 0 aromatic carbocycles. The predicted molar refractivity (Wildman–Crippen MR) is 102 cm³/mol. The maximum atomic E-state index is 5.74. The standard InChI is InChI=1S/C19H39N3O2/c1-4-7-9-17(5-2)14-22-19(20-6-3)21-11-8-12-23-15-18-10-13-24-16-18/h17-18H,4-16H2,1-3H3,(H2,20,21,22). The zero-order valence-electron chi connectivity index (χ0n) is 16.1. The minimum atomic E-state index is 0.603. The number of hydrogen-bond acceptors (Lipinski definition) is 3. The van der Waals surface area contributed by atoms with Crippen molar-refractivity contribution in [3.8, 4) is 0 Å². The molecule has 1 rings (SSSR count). The Morgan fingerprint density at radius 1 is 1.25 bits per heavy atom. The summed E-state index contributed by atoms with van der Waals surface area (Å²) >= 11 is 0. The Labute approximate surface area is 149 Å². The molecule has 0 spiro atoms. The van der Waals surface area contributed by atoms with Crippen LogP contribution in [0.3, 0.4) is 0 Å². The van der Waals surface area contributed by atoms with E-state index in [0.29, 0.717) is 11.8 Å². The van der Waals surface area contributed by atoms with Crippen molar-refractivity contribution in [1.82, 2.24) is 10.6 Å². The maximum Gasteiger partial charge on any atom is 0.191 e. The van der Waals surface area contributed by atoms with Crippen molar-refractivity contribution in [3.63, 3.8) is 0 Å². The monoisotopic (exact) mass is 341 g/mol. The Morgan fingerprint density at radius 2 is 2.12 bits per heavy atom. The van der Waals surface area contributed by atoms with Crippen LogP contribution < -0.4 is 10.6 Å². The Balaban J connectivity index is 2.15. The van der Waals surface area contributed by atoms with Crippen LogP contribution in [0.4, 0.5) is 0 Å². The second-order valence-electron chi connectivity index (χ2n) is 6.72. The topological polar surface area (TPSA) is 54.9 Å².